The molecule has 6 aromatic heterocycles. The van der Waals surface area contributed by atoms with Gasteiger partial charge in [-0.05, 0) is 148 Å². The van der Waals surface area contributed by atoms with Gasteiger partial charge in [0.25, 0.3) is 0 Å². The van der Waals surface area contributed by atoms with Crippen LogP contribution in [0.25, 0.3) is 34.2 Å². The van der Waals surface area contributed by atoms with Gasteiger partial charge in [0.2, 0.25) is 0 Å². The number of aryl methyl sites for hydroxylation is 6. The summed E-state index contributed by atoms with van der Waals surface area (Å²) in [7, 11) is 0. The Kier molecular flexibility index (Phi) is 12.4. The summed E-state index contributed by atoms with van der Waals surface area (Å²) in [5, 5.41) is 0. The van der Waals surface area contributed by atoms with Gasteiger partial charge in [-0.25, -0.2) is 0 Å². The summed E-state index contributed by atoms with van der Waals surface area (Å²) in [5.74, 6) is 0. The van der Waals surface area contributed by atoms with Gasteiger partial charge in [0, 0.05) is 37.2 Å². The van der Waals surface area contributed by atoms with Crippen molar-refractivity contribution in [1.82, 2.24) is 29.9 Å². The van der Waals surface area contributed by atoms with Crippen LogP contribution in [0.3, 0.4) is 0 Å². The van der Waals surface area contributed by atoms with E-state index in [9.17, 15) is 0 Å². The maximum atomic E-state index is 4.29. The van der Waals surface area contributed by atoms with Gasteiger partial charge in [0.1, 0.15) is 0 Å². The Morgan fingerprint density at radius 2 is 0.419 bits per heavy atom. The molecule has 0 saturated heterocycles. The average molecular weight is 612 g/mol. The van der Waals surface area contributed by atoms with Crippen molar-refractivity contribution in [2.45, 2.75) is 41.5 Å². The van der Waals surface area contributed by atoms with Crippen LogP contribution < -0.4 is 0 Å². The van der Waals surface area contributed by atoms with Gasteiger partial charge in [0.15, 0.2) is 0 Å². The second kappa shape index (κ2) is 16.2. The van der Waals surface area contributed by atoms with Gasteiger partial charge in [-0.2, -0.15) is 0 Å². The van der Waals surface area contributed by atoms with E-state index < -0.39 is 0 Å². The summed E-state index contributed by atoms with van der Waals surface area (Å²) in [5.41, 5.74) is 12.9. The van der Waals surface area contributed by atoms with E-state index in [-0.39, 0.29) is 16.8 Å². The Balaban J connectivity index is 0.000000175. The van der Waals surface area contributed by atoms with Crippen molar-refractivity contribution >= 4 is 0 Å². The van der Waals surface area contributed by atoms with E-state index in [0.717, 1.165) is 34.2 Å². The SMILES string of the molecule is Cc1ccnc(-c2cc(C)ccn2)c1.Cc1ccnc(-c2cc(C)ccn2)c1.Cc1ccnc(-c2cc(C)ccn2)c1.[Co+2]. The predicted molar refractivity (Wildman–Crippen MR) is 171 cm³/mol. The number of hydrogen-bond donors (Lipinski definition) is 0. The minimum atomic E-state index is 0. The predicted octanol–water partition coefficient (Wildman–Crippen LogP) is 8.28. The van der Waals surface area contributed by atoms with Crippen LogP contribution in [0.15, 0.2) is 110 Å². The van der Waals surface area contributed by atoms with Crippen molar-refractivity contribution in [3.63, 3.8) is 0 Å². The Labute approximate surface area is 265 Å². The molecule has 0 aromatic carbocycles. The monoisotopic (exact) mass is 611 g/mol. The van der Waals surface area contributed by atoms with Crippen molar-refractivity contribution in [2.24, 2.45) is 0 Å². The zero-order valence-corrected chi connectivity index (χ0v) is 26.4. The average Bonchev–Trinajstić information content (AvgIpc) is 2.98. The fraction of sp³-hybridized carbons (Fsp3) is 0.167. The standard InChI is InChI=1S/3C12H12N2.Co/c3*1-9-3-5-13-11(7-9)12-8-10(2)4-6-14-12;/h3*3-8H,1-2H3;/q;;;+2. The molecule has 0 N–H and O–H groups in total. The van der Waals surface area contributed by atoms with Crippen LogP contribution in [-0.4, -0.2) is 29.9 Å². The fourth-order valence-electron chi connectivity index (χ4n) is 4.06. The molecule has 6 heterocycles. The molecule has 0 aliphatic heterocycles. The number of hydrogen-bond acceptors (Lipinski definition) is 6. The van der Waals surface area contributed by atoms with Crippen LogP contribution in [0.5, 0.6) is 0 Å². The fourth-order valence-corrected chi connectivity index (χ4v) is 4.06. The molecule has 217 valence electrons. The smallest absolute Gasteiger partial charge is 0.255 e. The van der Waals surface area contributed by atoms with Crippen molar-refractivity contribution in [3.8, 4) is 34.2 Å². The van der Waals surface area contributed by atoms with Gasteiger partial charge < -0.3 is 0 Å². The third kappa shape index (κ3) is 10.3. The van der Waals surface area contributed by atoms with Crippen molar-refractivity contribution in [3.05, 3.63) is 143 Å². The maximum absolute atomic E-state index is 4.29. The van der Waals surface area contributed by atoms with Gasteiger partial charge in [-0.1, -0.05) is 0 Å². The second-order valence-electron chi connectivity index (χ2n) is 10.3. The number of nitrogens with zero attached hydrogens (tertiary/aromatic N) is 6. The van der Waals surface area contributed by atoms with Crippen LogP contribution in [0.2, 0.25) is 0 Å². The summed E-state index contributed by atoms with van der Waals surface area (Å²) in [6.07, 6.45) is 10.9. The molecule has 6 nitrogen and oxygen atoms in total. The first-order chi connectivity index (χ1) is 20.3. The third-order valence-electron chi connectivity index (χ3n) is 6.28. The molecule has 0 spiro atoms. The molecule has 0 aliphatic rings. The Bertz CT molecular complexity index is 1430. The first-order valence-corrected chi connectivity index (χ1v) is 13.8. The van der Waals surface area contributed by atoms with Crippen LogP contribution in [0, 0.1) is 41.5 Å². The van der Waals surface area contributed by atoms with E-state index in [4.69, 9.17) is 0 Å². The first-order valence-electron chi connectivity index (χ1n) is 13.8. The first kappa shape index (κ1) is 32.9. The van der Waals surface area contributed by atoms with Crippen LogP contribution in [0.4, 0.5) is 0 Å². The Morgan fingerprint density at radius 1 is 0.279 bits per heavy atom. The second-order valence-corrected chi connectivity index (χ2v) is 10.3. The Hall–Kier alpha value is -4.59. The molecule has 0 atom stereocenters. The maximum Gasteiger partial charge on any atom is 2.00 e. The molecule has 0 fully saturated rings. The molecule has 0 unspecified atom stereocenters. The van der Waals surface area contributed by atoms with Crippen LogP contribution in [-0.2, 0) is 16.8 Å². The van der Waals surface area contributed by atoms with Crippen molar-refractivity contribution < 1.29 is 16.8 Å². The topological polar surface area (TPSA) is 77.3 Å². The molecule has 43 heavy (non-hydrogen) atoms. The van der Waals surface area contributed by atoms with Gasteiger partial charge in [-0.15, -0.1) is 0 Å². The number of aromatic nitrogens is 6. The summed E-state index contributed by atoms with van der Waals surface area (Å²) < 4.78 is 0. The van der Waals surface area contributed by atoms with Crippen molar-refractivity contribution in [2.75, 3.05) is 0 Å². The molecule has 7 heteroatoms. The van der Waals surface area contributed by atoms with Gasteiger partial charge in [0.05, 0.1) is 34.2 Å². The summed E-state index contributed by atoms with van der Waals surface area (Å²) in [6.45, 7) is 12.3. The minimum Gasteiger partial charge on any atom is -0.255 e. The van der Waals surface area contributed by atoms with Gasteiger partial charge in [-0.3, -0.25) is 29.9 Å². The summed E-state index contributed by atoms with van der Waals surface area (Å²) >= 11 is 0. The zero-order chi connectivity index (χ0) is 29.9. The van der Waals surface area contributed by atoms with E-state index in [0.29, 0.717) is 0 Å². The molecule has 0 saturated carbocycles. The number of rotatable bonds is 3. The quantitative estimate of drug-likeness (QED) is 0.200. The molecule has 0 amide bonds. The van der Waals surface area contributed by atoms with E-state index in [2.05, 4.69) is 71.4 Å². The Morgan fingerprint density at radius 3 is 0.535 bits per heavy atom. The van der Waals surface area contributed by atoms with Crippen LogP contribution in [0.1, 0.15) is 33.4 Å². The molecule has 0 aliphatic carbocycles. The zero-order valence-electron chi connectivity index (χ0n) is 25.4. The van der Waals surface area contributed by atoms with E-state index >= 15 is 0 Å². The number of pyridine rings is 6. The molecule has 6 aromatic rings. The van der Waals surface area contributed by atoms with Gasteiger partial charge >= 0.3 is 16.8 Å². The molecule has 0 bridgehead atoms. The molecule has 1 radical (unpaired) electrons. The van der Waals surface area contributed by atoms with E-state index in [1.807, 2.05) is 110 Å². The summed E-state index contributed by atoms with van der Waals surface area (Å²) in [6, 6.07) is 24.2. The summed E-state index contributed by atoms with van der Waals surface area (Å²) in [4.78, 5) is 25.7. The van der Waals surface area contributed by atoms with Crippen molar-refractivity contribution in [1.29, 1.82) is 0 Å². The van der Waals surface area contributed by atoms with E-state index in [1.54, 1.807) is 0 Å². The normalized spacial score (nSPS) is 9.91. The third-order valence-corrected chi connectivity index (χ3v) is 6.28. The van der Waals surface area contributed by atoms with Crippen LogP contribution >= 0.6 is 0 Å². The molecular weight excluding hydrogens is 575 g/mol. The molecule has 6 rings (SSSR count). The molecular formula is C36H36CoN6+2. The van der Waals surface area contributed by atoms with E-state index in [1.165, 1.54) is 33.4 Å². The minimum absolute atomic E-state index is 0. The largest absolute Gasteiger partial charge is 2.00 e.